The maximum atomic E-state index is 14.3. The van der Waals surface area contributed by atoms with E-state index >= 15 is 0 Å². The number of rotatable bonds is 5. The molecule has 24 heavy (non-hydrogen) atoms. The standard InChI is InChI=1S/C17H17FN4O2/c18-13-6-16(22-11-21-14-7-19-10-20-17(14)22)24-15(13)9-23-8-12-4-2-1-3-5-12/h1-5,7,10-11,13,15-16H,6,8-9H2/t13-,15+,16+/m0/s1. The second-order valence-corrected chi connectivity index (χ2v) is 5.77. The number of benzene rings is 1. The molecule has 0 amide bonds. The fraction of sp³-hybridized carbons (Fsp3) is 0.353. The topological polar surface area (TPSA) is 62.1 Å². The summed E-state index contributed by atoms with van der Waals surface area (Å²) in [4.78, 5) is 12.3. The van der Waals surface area contributed by atoms with Crippen LogP contribution >= 0.6 is 0 Å². The van der Waals surface area contributed by atoms with Crippen molar-refractivity contribution in [2.75, 3.05) is 6.61 Å². The lowest BCUT2D eigenvalue weighted by atomic mass is 10.2. The van der Waals surface area contributed by atoms with Gasteiger partial charge in [-0.05, 0) is 5.56 Å². The molecular weight excluding hydrogens is 311 g/mol. The van der Waals surface area contributed by atoms with Crippen molar-refractivity contribution < 1.29 is 13.9 Å². The molecule has 0 unspecified atom stereocenters. The van der Waals surface area contributed by atoms with Gasteiger partial charge in [0.2, 0.25) is 0 Å². The van der Waals surface area contributed by atoms with Gasteiger partial charge in [-0.1, -0.05) is 30.3 Å². The first-order chi connectivity index (χ1) is 11.8. The van der Waals surface area contributed by atoms with Crippen LogP contribution in [0, 0.1) is 0 Å². The van der Waals surface area contributed by atoms with Crippen LogP contribution in [-0.4, -0.2) is 38.4 Å². The summed E-state index contributed by atoms with van der Waals surface area (Å²) in [7, 11) is 0. The fourth-order valence-corrected chi connectivity index (χ4v) is 2.87. The molecule has 0 spiro atoms. The smallest absolute Gasteiger partial charge is 0.165 e. The van der Waals surface area contributed by atoms with Gasteiger partial charge in [-0.2, -0.15) is 0 Å². The summed E-state index contributed by atoms with van der Waals surface area (Å²) in [6, 6.07) is 9.80. The van der Waals surface area contributed by atoms with Crippen LogP contribution in [0.3, 0.4) is 0 Å². The summed E-state index contributed by atoms with van der Waals surface area (Å²) >= 11 is 0. The van der Waals surface area contributed by atoms with E-state index < -0.39 is 18.5 Å². The highest BCUT2D eigenvalue weighted by Crippen LogP contribution is 2.32. The van der Waals surface area contributed by atoms with Gasteiger partial charge in [-0.3, -0.25) is 4.57 Å². The highest BCUT2D eigenvalue weighted by Gasteiger charge is 2.37. The van der Waals surface area contributed by atoms with Crippen LogP contribution in [0.15, 0.2) is 49.2 Å². The second kappa shape index (κ2) is 6.62. The van der Waals surface area contributed by atoms with Crippen LogP contribution in [0.25, 0.3) is 11.2 Å². The molecule has 1 aliphatic rings. The minimum absolute atomic E-state index is 0.216. The lowest BCUT2D eigenvalue weighted by Crippen LogP contribution is -2.23. The lowest BCUT2D eigenvalue weighted by molar-refractivity contribution is -0.0548. The summed E-state index contributed by atoms with van der Waals surface area (Å²) < 4.78 is 27.5. The highest BCUT2D eigenvalue weighted by atomic mass is 19.1. The summed E-state index contributed by atoms with van der Waals surface area (Å²) in [5.41, 5.74) is 2.37. The van der Waals surface area contributed by atoms with Gasteiger partial charge >= 0.3 is 0 Å². The number of halogens is 1. The van der Waals surface area contributed by atoms with Gasteiger partial charge in [0, 0.05) is 6.42 Å². The Morgan fingerprint density at radius 3 is 3.00 bits per heavy atom. The van der Waals surface area contributed by atoms with Gasteiger partial charge in [0.05, 0.1) is 25.7 Å². The molecule has 3 aromatic rings. The molecule has 0 aliphatic carbocycles. The Labute approximate surface area is 138 Å². The van der Waals surface area contributed by atoms with Crippen molar-refractivity contribution in [3.8, 4) is 0 Å². The Hall–Kier alpha value is -2.38. The molecular formula is C17H17FN4O2. The molecule has 6 nitrogen and oxygen atoms in total. The molecule has 0 bridgehead atoms. The van der Waals surface area contributed by atoms with E-state index in [0.29, 0.717) is 17.8 Å². The zero-order valence-corrected chi connectivity index (χ0v) is 13.0. The zero-order chi connectivity index (χ0) is 16.4. The molecule has 3 heterocycles. The van der Waals surface area contributed by atoms with Crippen molar-refractivity contribution in [1.29, 1.82) is 0 Å². The van der Waals surface area contributed by atoms with Crippen LogP contribution in [0.4, 0.5) is 4.39 Å². The van der Waals surface area contributed by atoms with E-state index in [9.17, 15) is 4.39 Å². The molecule has 1 aliphatic heterocycles. The Bertz CT molecular complexity index is 810. The largest absolute Gasteiger partial charge is 0.374 e. The van der Waals surface area contributed by atoms with E-state index in [-0.39, 0.29) is 13.0 Å². The normalized spacial score (nSPS) is 23.8. The van der Waals surface area contributed by atoms with Crippen LogP contribution in [0.5, 0.6) is 0 Å². The quantitative estimate of drug-likeness (QED) is 0.720. The van der Waals surface area contributed by atoms with Gasteiger partial charge in [-0.25, -0.2) is 19.3 Å². The molecule has 4 rings (SSSR count). The van der Waals surface area contributed by atoms with Gasteiger partial charge in [0.15, 0.2) is 5.65 Å². The number of nitrogens with zero attached hydrogens (tertiary/aromatic N) is 4. The number of ether oxygens (including phenoxy) is 2. The molecule has 1 saturated heterocycles. The van der Waals surface area contributed by atoms with E-state index in [0.717, 1.165) is 5.56 Å². The second-order valence-electron chi connectivity index (χ2n) is 5.77. The first-order valence-electron chi connectivity index (χ1n) is 7.85. The van der Waals surface area contributed by atoms with E-state index in [1.807, 2.05) is 30.3 Å². The maximum Gasteiger partial charge on any atom is 0.165 e. The number of fused-ring (bicyclic) bond motifs is 1. The lowest BCUT2D eigenvalue weighted by Gasteiger charge is -2.15. The Kier molecular flexibility index (Phi) is 4.18. The predicted octanol–water partition coefficient (Wildman–Crippen LogP) is 2.67. The molecule has 0 N–H and O–H groups in total. The van der Waals surface area contributed by atoms with Crippen LogP contribution in [0.2, 0.25) is 0 Å². The molecule has 0 radical (unpaired) electrons. The van der Waals surface area contributed by atoms with Gasteiger partial charge in [-0.15, -0.1) is 0 Å². The monoisotopic (exact) mass is 328 g/mol. The minimum atomic E-state index is -1.08. The average Bonchev–Trinajstić information content (AvgIpc) is 3.20. The summed E-state index contributed by atoms with van der Waals surface area (Å²) in [5, 5.41) is 0. The molecule has 124 valence electrons. The number of alkyl halides is 1. The number of hydrogen-bond donors (Lipinski definition) is 0. The van der Waals surface area contributed by atoms with Crippen molar-refractivity contribution in [2.45, 2.75) is 31.5 Å². The van der Waals surface area contributed by atoms with Crippen molar-refractivity contribution in [1.82, 2.24) is 19.5 Å². The van der Waals surface area contributed by atoms with Crippen LogP contribution in [-0.2, 0) is 16.1 Å². The molecule has 2 aromatic heterocycles. The highest BCUT2D eigenvalue weighted by molar-refractivity contribution is 5.68. The Balaban J connectivity index is 1.39. The fourth-order valence-electron chi connectivity index (χ4n) is 2.87. The van der Waals surface area contributed by atoms with E-state index in [1.54, 1.807) is 17.1 Å². The molecule has 3 atom stereocenters. The predicted molar refractivity (Wildman–Crippen MR) is 84.8 cm³/mol. The third-order valence-electron chi connectivity index (χ3n) is 4.10. The van der Waals surface area contributed by atoms with Gasteiger partial charge in [0.25, 0.3) is 0 Å². The van der Waals surface area contributed by atoms with E-state index in [4.69, 9.17) is 9.47 Å². The zero-order valence-electron chi connectivity index (χ0n) is 13.0. The third-order valence-corrected chi connectivity index (χ3v) is 4.10. The molecule has 1 aromatic carbocycles. The first-order valence-corrected chi connectivity index (χ1v) is 7.85. The summed E-state index contributed by atoms with van der Waals surface area (Å²) in [6.45, 7) is 0.660. The third kappa shape index (κ3) is 3.00. The number of hydrogen-bond acceptors (Lipinski definition) is 5. The van der Waals surface area contributed by atoms with Crippen molar-refractivity contribution in [3.63, 3.8) is 0 Å². The van der Waals surface area contributed by atoms with Crippen molar-refractivity contribution in [2.24, 2.45) is 0 Å². The SMILES string of the molecule is F[C@H]1C[C@H](n2cnc3cncnc32)O[C@@H]1COCc1ccccc1. The minimum Gasteiger partial charge on any atom is -0.374 e. The summed E-state index contributed by atoms with van der Waals surface area (Å²) in [6.07, 6.45) is 2.86. The molecule has 7 heteroatoms. The van der Waals surface area contributed by atoms with Crippen LogP contribution < -0.4 is 0 Å². The average molecular weight is 328 g/mol. The number of aromatic nitrogens is 4. The van der Waals surface area contributed by atoms with Gasteiger partial charge in [0.1, 0.15) is 30.3 Å². The number of imidazole rings is 1. The Morgan fingerprint density at radius 2 is 2.12 bits per heavy atom. The summed E-state index contributed by atoms with van der Waals surface area (Å²) in [5.74, 6) is 0. The van der Waals surface area contributed by atoms with Crippen molar-refractivity contribution >= 4 is 11.2 Å². The molecule has 1 fully saturated rings. The van der Waals surface area contributed by atoms with E-state index in [2.05, 4.69) is 15.0 Å². The van der Waals surface area contributed by atoms with Gasteiger partial charge < -0.3 is 9.47 Å². The molecule has 0 saturated carbocycles. The first kappa shape index (κ1) is 15.2. The maximum absolute atomic E-state index is 14.3. The van der Waals surface area contributed by atoms with Crippen LogP contribution in [0.1, 0.15) is 18.2 Å². The Morgan fingerprint density at radius 1 is 1.25 bits per heavy atom. The van der Waals surface area contributed by atoms with Crippen molar-refractivity contribution in [3.05, 3.63) is 54.7 Å². The van der Waals surface area contributed by atoms with E-state index in [1.165, 1.54) is 6.33 Å².